The topological polar surface area (TPSA) is 135 Å². The van der Waals surface area contributed by atoms with Crippen LogP contribution in [0.2, 0.25) is 0 Å². The molecule has 0 saturated carbocycles. The Hall–Kier alpha value is -2.98. The highest BCUT2D eigenvalue weighted by Gasteiger charge is 2.59. The van der Waals surface area contributed by atoms with Crippen molar-refractivity contribution < 1.29 is 48.0 Å². The highest BCUT2D eigenvalue weighted by molar-refractivity contribution is 5.68. The van der Waals surface area contributed by atoms with Crippen LogP contribution < -0.4 is 0 Å². The molecule has 0 aromatic heterocycles. The van der Waals surface area contributed by atoms with Crippen LogP contribution in [-0.4, -0.2) is 65.8 Å². The van der Waals surface area contributed by atoms with Gasteiger partial charge in [-0.1, -0.05) is 30.3 Å². The summed E-state index contributed by atoms with van der Waals surface area (Å²) in [6, 6.07) is 8.69. The Kier molecular flexibility index (Phi) is 8.12. The molecule has 2 rings (SSSR count). The second-order valence-electron chi connectivity index (χ2n) is 7.14. The largest absolute Gasteiger partial charge is 0.463 e. The Morgan fingerprint density at radius 3 is 1.94 bits per heavy atom. The number of hydrogen-bond donors (Lipinski definition) is 1. The molecule has 5 unspecified atom stereocenters. The molecule has 5 atom stereocenters. The first-order valence-electron chi connectivity index (χ1n) is 9.61. The van der Waals surface area contributed by atoms with E-state index in [2.05, 4.69) is 0 Å². The third-order valence-electron chi connectivity index (χ3n) is 4.44. The molecular formula is C21H26O10. The quantitative estimate of drug-likeness (QED) is 0.478. The van der Waals surface area contributed by atoms with Crippen LogP contribution in [0.5, 0.6) is 0 Å². The molecule has 1 aromatic rings. The van der Waals surface area contributed by atoms with Crippen molar-refractivity contribution in [3.63, 3.8) is 0 Å². The molecule has 0 spiro atoms. The van der Waals surface area contributed by atoms with Gasteiger partial charge >= 0.3 is 23.9 Å². The molecule has 0 amide bonds. The fourth-order valence-electron chi connectivity index (χ4n) is 3.39. The summed E-state index contributed by atoms with van der Waals surface area (Å²) in [6.07, 6.45) is -5.65. The molecule has 10 heteroatoms. The van der Waals surface area contributed by atoms with Gasteiger partial charge < -0.3 is 28.8 Å². The summed E-state index contributed by atoms with van der Waals surface area (Å²) in [6.45, 7) is 4.11. The maximum Gasteiger partial charge on any atom is 0.303 e. The van der Waals surface area contributed by atoms with Crippen LogP contribution in [0.1, 0.15) is 33.3 Å². The van der Waals surface area contributed by atoms with Crippen molar-refractivity contribution >= 4 is 23.9 Å². The predicted molar refractivity (Wildman–Crippen MR) is 103 cm³/mol. The van der Waals surface area contributed by atoms with E-state index in [0.717, 1.165) is 20.8 Å². The molecule has 170 valence electrons. The van der Waals surface area contributed by atoms with E-state index < -0.39 is 60.7 Å². The second kappa shape index (κ2) is 10.4. The van der Waals surface area contributed by atoms with E-state index >= 15 is 0 Å². The summed E-state index contributed by atoms with van der Waals surface area (Å²) in [5, 5.41) is 11.4. The number of rotatable bonds is 7. The molecule has 1 aromatic carbocycles. The predicted octanol–water partition coefficient (Wildman–Crippen LogP) is 0.675. The van der Waals surface area contributed by atoms with Gasteiger partial charge in [-0.15, -0.1) is 0 Å². The minimum Gasteiger partial charge on any atom is -0.463 e. The molecule has 0 bridgehead atoms. The molecule has 0 radical (unpaired) electrons. The van der Waals surface area contributed by atoms with Crippen molar-refractivity contribution in [3.05, 3.63) is 35.9 Å². The lowest BCUT2D eigenvalue weighted by Crippen LogP contribution is -2.68. The van der Waals surface area contributed by atoms with Crippen LogP contribution in [0.25, 0.3) is 0 Å². The van der Waals surface area contributed by atoms with Gasteiger partial charge in [-0.25, -0.2) is 0 Å². The second-order valence-corrected chi connectivity index (χ2v) is 7.14. The summed E-state index contributed by atoms with van der Waals surface area (Å²) in [5.41, 5.74) is 0.626. The van der Waals surface area contributed by atoms with Crippen LogP contribution in [-0.2, 0) is 49.3 Å². The van der Waals surface area contributed by atoms with E-state index in [1.165, 1.54) is 6.92 Å². The molecule has 1 aliphatic heterocycles. The zero-order chi connectivity index (χ0) is 23.2. The van der Waals surface area contributed by atoms with Crippen LogP contribution >= 0.6 is 0 Å². The van der Waals surface area contributed by atoms with Crippen molar-refractivity contribution in [3.8, 4) is 0 Å². The molecule has 31 heavy (non-hydrogen) atoms. The molecule has 10 nitrogen and oxygen atoms in total. The zero-order valence-electron chi connectivity index (χ0n) is 17.7. The fourth-order valence-corrected chi connectivity index (χ4v) is 3.39. The smallest absolute Gasteiger partial charge is 0.303 e. The van der Waals surface area contributed by atoms with Gasteiger partial charge in [0.25, 0.3) is 0 Å². The molecule has 0 aliphatic carbocycles. The maximum atomic E-state index is 11.8. The molecule has 1 heterocycles. The fraction of sp³-hybridized carbons (Fsp3) is 0.524. The van der Waals surface area contributed by atoms with Gasteiger partial charge in [0.1, 0.15) is 12.7 Å². The number of benzene rings is 1. The van der Waals surface area contributed by atoms with Gasteiger partial charge in [-0.3, -0.25) is 19.2 Å². The highest BCUT2D eigenvalue weighted by Crippen LogP contribution is 2.36. The van der Waals surface area contributed by atoms with Crippen molar-refractivity contribution in [2.45, 2.75) is 64.3 Å². The minimum absolute atomic E-state index is 0.160. The number of carbonyl (C=O) groups is 4. The van der Waals surface area contributed by atoms with Gasteiger partial charge in [-0.2, -0.15) is 0 Å². The minimum atomic E-state index is -2.19. The number of aliphatic hydroxyl groups is 1. The first kappa shape index (κ1) is 24.3. The van der Waals surface area contributed by atoms with E-state index in [1.54, 1.807) is 30.3 Å². The van der Waals surface area contributed by atoms with Crippen molar-refractivity contribution in [2.24, 2.45) is 0 Å². The lowest BCUT2D eigenvalue weighted by atomic mass is 9.88. The lowest BCUT2D eigenvalue weighted by molar-refractivity contribution is -0.351. The average molecular weight is 438 g/mol. The van der Waals surface area contributed by atoms with Crippen LogP contribution in [0.4, 0.5) is 0 Å². The van der Waals surface area contributed by atoms with Crippen molar-refractivity contribution in [2.75, 3.05) is 6.61 Å². The van der Waals surface area contributed by atoms with Gasteiger partial charge in [-0.05, 0) is 5.56 Å². The normalized spacial score (nSPS) is 27.6. The summed E-state index contributed by atoms with van der Waals surface area (Å²) in [5.74, 6) is -5.11. The molecule has 1 N–H and O–H groups in total. The molecule has 1 aliphatic rings. The van der Waals surface area contributed by atoms with E-state index in [1.807, 2.05) is 0 Å². The lowest BCUT2D eigenvalue weighted by Gasteiger charge is -2.48. The first-order chi connectivity index (χ1) is 14.5. The molecule has 1 fully saturated rings. The summed E-state index contributed by atoms with van der Waals surface area (Å²) in [7, 11) is 0. The van der Waals surface area contributed by atoms with Crippen LogP contribution in [0.15, 0.2) is 30.3 Å². The Balaban J connectivity index is 2.52. The van der Waals surface area contributed by atoms with Crippen molar-refractivity contribution in [1.82, 2.24) is 0 Å². The molecule has 1 saturated heterocycles. The first-order valence-corrected chi connectivity index (χ1v) is 9.61. The highest BCUT2D eigenvalue weighted by atomic mass is 16.7. The monoisotopic (exact) mass is 438 g/mol. The van der Waals surface area contributed by atoms with E-state index in [-0.39, 0.29) is 6.42 Å². The Morgan fingerprint density at radius 2 is 1.42 bits per heavy atom. The molecular weight excluding hydrogens is 412 g/mol. The summed E-state index contributed by atoms with van der Waals surface area (Å²) >= 11 is 0. The number of ether oxygens (including phenoxy) is 5. The number of hydrogen-bond acceptors (Lipinski definition) is 10. The van der Waals surface area contributed by atoms with Gasteiger partial charge in [0.2, 0.25) is 5.79 Å². The number of carbonyl (C=O) groups excluding carboxylic acids is 4. The Labute approximate surface area is 179 Å². The number of esters is 4. The third-order valence-corrected chi connectivity index (χ3v) is 4.44. The van der Waals surface area contributed by atoms with E-state index in [9.17, 15) is 24.3 Å². The summed E-state index contributed by atoms with van der Waals surface area (Å²) < 4.78 is 26.7. The van der Waals surface area contributed by atoms with Crippen LogP contribution in [0, 0.1) is 0 Å². The van der Waals surface area contributed by atoms with Gasteiger partial charge in [0.05, 0.1) is 0 Å². The zero-order valence-corrected chi connectivity index (χ0v) is 17.7. The van der Waals surface area contributed by atoms with E-state index in [4.69, 9.17) is 23.7 Å². The standard InChI is InChI=1S/C21H26O10/c1-12(22)27-11-17-18(28-13(2)23)19(29-14(3)24)20(30-15(4)25)21(26,31-17)10-16-8-6-5-7-9-16/h5-9,17-20,26H,10-11H2,1-4H3. The van der Waals surface area contributed by atoms with Gasteiger partial charge in [0.15, 0.2) is 18.3 Å². The van der Waals surface area contributed by atoms with Crippen molar-refractivity contribution in [1.29, 1.82) is 0 Å². The Bertz CT molecular complexity index is 808. The Morgan fingerprint density at radius 1 is 0.871 bits per heavy atom. The average Bonchev–Trinajstić information content (AvgIpc) is 2.65. The van der Waals surface area contributed by atoms with Crippen LogP contribution in [0.3, 0.4) is 0 Å². The van der Waals surface area contributed by atoms with Gasteiger partial charge in [0, 0.05) is 34.1 Å². The third kappa shape index (κ3) is 6.76. The SMILES string of the molecule is CC(=O)OCC1OC(O)(Cc2ccccc2)C(OC(C)=O)C(OC(C)=O)C1OC(C)=O. The maximum absolute atomic E-state index is 11.8. The summed E-state index contributed by atoms with van der Waals surface area (Å²) in [4.78, 5) is 46.7. The van der Waals surface area contributed by atoms with E-state index in [0.29, 0.717) is 5.56 Å².